The van der Waals surface area contributed by atoms with Gasteiger partial charge in [-0.25, -0.2) is 9.59 Å². The van der Waals surface area contributed by atoms with Crippen LogP contribution in [0.1, 0.15) is 11.3 Å². The molecule has 1 heterocycles. The highest BCUT2D eigenvalue weighted by molar-refractivity contribution is 7.09. The van der Waals surface area contributed by atoms with Gasteiger partial charge in [0.1, 0.15) is 11.9 Å². The minimum absolute atomic E-state index is 0.0806. The zero-order valence-electron chi connectivity index (χ0n) is 15.1. The highest BCUT2D eigenvalue weighted by atomic mass is 35.5. The summed E-state index contributed by atoms with van der Waals surface area (Å²) in [6.07, 6.45) is 2.99. The van der Waals surface area contributed by atoms with Gasteiger partial charge in [-0.05, 0) is 43.6 Å². The molecule has 0 spiro atoms. The lowest BCUT2D eigenvalue weighted by Gasteiger charge is -2.19. The Labute approximate surface area is 177 Å². The third-order valence-electron chi connectivity index (χ3n) is 3.28. The smallest absolute Gasteiger partial charge is 0.328 e. The lowest BCUT2D eigenvalue weighted by Crippen LogP contribution is -2.24. The second-order valence-electron chi connectivity index (χ2n) is 5.50. The van der Waals surface area contributed by atoms with E-state index in [0.29, 0.717) is 27.9 Å². The molecule has 1 aromatic carbocycles. The molecule has 152 valence electrons. The van der Waals surface area contributed by atoms with Gasteiger partial charge in [0, 0.05) is 34.5 Å². The molecule has 28 heavy (non-hydrogen) atoms. The number of hydrogen-bond acceptors (Lipinski definition) is 5. The summed E-state index contributed by atoms with van der Waals surface area (Å²) in [5, 5.41) is 22.1. The fourth-order valence-corrected chi connectivity index (χ4v) is 3.15. The van der Waals surface area contributed by atoms with E-state index in [1.54, 1.807) is 29.5 Å². The number of hydrogen-bond donors (Lipinski definition) is 3. The second-order valence-corrected chi connectivity index (χ2v) is 7.38. The van der Waals surface area contributed by atoms with Crippen LogP contribution in [0.25, 0.3) is 0 Å². The van der Waals surface area contributed by atoms with Gasteiger partial charge in [-0.15, -0.1) is 11.3 Å². The SMILES string of the molecule is CNCCC(Cc1cccs1)Oc1cc(Cl)ccc1Cl.O=C(O)C=CC(=O)O. The molecule has 1 unspecified atom stereocenters. The van der Waals surface area contributed by atoms with Crippen LogP contribution in [0.4, 0.5) is 0 Å². The molecular formula is C19H21Cl2NO5S. The van der Waals surface area contributed by atoms with Gasteiger partial charge in [0.25, 0.3) is 0 Å². The van der Waals surface area contributed by atoms with Crippen LogP contribution in [0.2, 0.25) is 10.0 Å². The van der Waals surface area contributed by atoms with Crippen molar-refractivity contribution in [2.45, 2.75) is 18.9 Å². The maximum atomic E-state index is 9.55. The van der Waals surface area contributed by atoms with Crippen molar-refractivity contribution < 1.29 is 24.5 Å². The molecule has 0 radical (unpaired) electrons. The molecule has 6 nitrogen and oxygen atoms in total. The Balaban J connectivity index is 0.000000416. The first-order valence-electron chi connectivity index (χ1n) is 8.24. The molecule has 0 fully saturated rings. The Bertz CT molecular complexity index is 765. The van der Waals surface area contributed by atoms with E-state index in [1.807, 2.05) is 7.05 Å². The van der Waals surface area contributed by atoms with E-state index < -0.39 is 11.9 Å². The Morgan fingerprint density at radius 2 is 1.89 bits per heavy atom. The first kappa shape index (κ1) is 24.0. The number of aliphatic carboxylic acids is 2. The van der Waals surface area contributed by atoms with Crippen LogP contribution >= 0.6 is 34.5 Å². The Kier molecular flexibility index (Phi) is 11.3. The van der Waals surface area contributed by atoms with Crippen molar-refractivity contribution in [2.75, 3.05) is 13.6 Å². The second kappa shape index (κ2) is 13.2. The zero-order chi connectivity index (χ0) is 20.9. The van der Waals surface area contributed by atoms with Crippen LogP contribution < -0.4 is 10.1 Å². The number of nitrogens with one attached hydrogen (secondary N) is 1. The van der Waals surface area contributed by atoms with Crippen molar-refractivity contribution in [1.29, 1.82) is 0 Å². The van der Waals surface area contributed by atoms with Crippen LogP contribution in [0.15, 0.2) is 47.9 Å². The summed E-state index contributed by atoms with van der Waals surface area (Å²) in [6, 6.07) is 9.48. The predicted octanol–water partition coefficient (Wildman–Crippen LogP) is 4.37. The molecule has 2 aromatic rings. The van der Waals surface area contributed by atoms with E-state index in [4.69, 9.17) is 38.2 Å². The van der Waals surface area contributed by atoms with Crippen molar-refractivity contribution in [3.63, 3.8) is 0 Å². The third kappa shape index (κ3) is 10.3. The van der Waals surface area contributed by atoms with E-state index in [9.17, 15) is 9.59 Å². The summed E-state index contributed by atoms with van der Waals surface area (Å²) in [4.78, 5) is 20.4. The minimum Gasteiger partial charge on any atom is -0.488 e. The number of carbonyl (C=O) groups is 2. The summed E-state index contributed by atoms with van der Waals surface area (Å²) in [5.41, 5.74) is 0. The third-order valence-corrected chi connectivity index (χ3v) is 4.73. The van der Waals surface area contributed by atoms with Gasteiger partial charge >= 0.3 is 11.9 Å². The van der Waals surface area contributed by atoms with Gasteiger partial charge < -0.3 is 20.3 Å². The molecule has 2 rings (SSSR count). The lowest BCUT2D eigenvalue weighted by molar-refractivity contribution is -0.134. The van der Waals surface area contributed by atoms with Gasteiger partial charge in [-0.1, -0.05) is 29.3 Å². The Hall–Kier alpha value is -2.06. The van der Waals surface area contributed by atoms with Crippen LogP contribution in [-0.2, 0) is 16.0 Å². The summed E-state index contributed by atoms with van der Waals surface area (Å²) in [7, 11) is 1.94. The van der Waals surface area contributed by atoms with E-state index in [-0.39, 0.29) is 6.10 Å². The molecule has 0 aliphatic rings. The summed E-state index contributed by atoms with van der Waals surface area (Å²) >= 11 is 13.9. The zero-order valence-corrected chi connectivity index (χ0v) is 17.4. The fourth-order valence-electron chi connectivity index (χ4n) is 2.05. The van der Waals surface area contributed by atoms with Crippen molar-refractivity contribution in [3.05, 3.63) is 62.8 Å². The molecule has 0 saturated carbocycles. The lowest BCUT2D eigenvalue weighted by atomic mass is 10.1. The molecule has 0 aliphatic carbocycles. The molecule has 1 aromatic heterocycles. The predicted molar refractivity (Wildman–Crippen MR) is 112 cm³/mol. The number of carboxylic acids is 2. The Morgan fingerprint density at radius 3 is 2.43 bits per heavy atom. The van der Waals surface area contributed by atoms with Gasteiger partial charge in [-0.2, -0.15) is 0 Å². The van der Waals surface area contributed by atoms with E-state index >= 15 is 0 Å². The average molecular weight is 446 g/mol. The summed E-state index contributed by atoms with van der Waals surface area (Å²) in [6.45, 7) is 0.897. The maximum Gasteiger partial charge on any atom is 0.328 e. The quantitative estimate of drug-likeness (QED) is 0.496. The topological polar surface area (TPSA) is 95.9 Å². The van der Waals surface area contributed by atoms with E-state index in [1.165, 1.54) is 4.88 Å². The largest absolute Gasteiger partial charge is 0.488 e. The number of benzene rings is 1. The van der Waals surface area contributed by atoms with Gasteiger partial charge in [0.05, 0.1) is 5.02 Å². The first-order chi connectivity index (χ1) is 13.3. The standard InChI is InChI=1S/C15H17Cl2NOS.C4H4O4/c1-18-7-6-12(10-13-3-2-8-20-13)19-15-9-11(16)4-5-14(15)17;5-3(6)1-2-4(7)8/h2-5,8-9,12,18H,6-7,10H2,1H3;1-2H,(H,5,6)(H,7,8). The molecule has 0 bridgehead atoms. The number of carboxylic acid groups (broad SMARTS) is 2. The van der Waals surface area contributed by atoms with Crippen LogP contribution in [0.3, 0.4) is 0 Å². The monoisotopic (exact) mass is 445 g/mol. The minimum atomic E-state index is -1.26. The van der Waals surface area contributed by atoms with Gasteiger partial charge in [0.15, 0.2) is 0 Å². The summed E-state index contributed by atoms with van der Waals surface area (Å²) < 4.78 is 6.05. The molecule has 0 saturated heterocycles. The fraction of sp³-hybridized carbons (Fsp3) is 0.263. The first-order valence-corrected chi connectivity index (χ1v) is 9.88. The van der Waals surface area contributed by atoms with Crippen molar-refractivity contribution >= 4 is 46.5 Å². The maximum absolute atomic E-state index is 9.55. The van der Waals surface area contributed by atoms with E-state index in [0.717, 1.165) is 19.4 Å². The number of ether oxygens (including phenoxy) is 1. The molecular weight excluding hydrogens is 425 g/mol. The average Bonchev–Trinajstić information content (AvgIpc) is 3.14. The normalized spacial score (nSPS) is 11.5. The Morgan fingerprint density at radius 1 is 1.21 bits per heavy atom. The summed E-state index contributed by atoms with van der Waals surface area (Å²) in [5.74, 6) is -1.86. The van der Waals surface area contributed by atoms with Crippen molar-refractivity contribution in [3.8, 4) is 5.75 Å². The molecule has 3 N–H and O–H groups in total. The van der Waals surface area contributed by atoms with Gasteiger partial charge in [-0.3, -0.25) is 0 Å². The molecule has 1 atom stereocenters. The van der Waals surface area contributed by atoms with Gasteiger partial charge in [0.2, 0.25) is 0 Å². The molecule has 0 aliphatic heterocycles. The number of halogens is 2. The molecule has 0 amide bonds. The number of thiophene rings is 1. The molecule has 9 heteroatoms. The van der Waals surface area contributed by atoms with Crippen LogP contribution in [0.5, 0.6) is 5.75 Å². The van der Waals surface area contributed by atoms with Crippen molar-refractivity contribution in [1.82, 2.24) is 5.32 Å². The van der Waals surface area contributed by atoms with Crippen molar-refractivity contribution in [2.24, 2.45) is 0 Å². The van der Waals surface area contributed by atoms with E-state index in [2.05, 4.69) is 22.8 Å². The van der Waals surface area contributed by atoms with Crippen LogP contribution in [-0.4, -0.2) is 41.8 Å². The number of rotatable bonds is 9. The van der Waals surface area contributed by atoms with Crippen LogP contribution in [0, 0.1) is 0 Å². The highest BCUT2D eigenvalue weighted by Gasteiger charge is 2.14. The highest BCUT2D eigenvalue weighted by Crippen LogP contribution is 2.29.